The van der Waals surface area contributed by atoms with E-state index >= 15 is 0 Å². The third-order valence-corrected chi connectivity index (χ3v) is 19.5. The number of rotatable bonds is 24. The number of nitrogens with two attached hydrogens (primary N) is 5. The number of amides is 9. The van der Waals surface area contributed by atoms with Crippen LogP contribution < -0.4 is 82.1 Å². The minimum absolute atomic E-state index is 0.00832. The molecule has 21 N–H and O–H groups in total. The summed E-state index contributed by atoms with van der Waals surface area (Å²) in [7, 11) is 2.12. The van der Waals surface area contributed by atoms with Crippen LogP contribution in [0.25, 0.3) is 26.2 Å². The summed E-state index contributed by atoms with van der Waals surface area (Å²) in [6.07, 6.45) is 0.786. The summed E-state index contributed by atoms with van der Waals surface area (Å²) in [4.78, 5) is 148. The Morgan fingerprint density at radius 2 is 1.30 bits per heavy atom. The molecule has 0 aliphatic carbocycles. The normalized spacial score (nSPS) is 20.9. The van der Waals surface area contributed by atoms with Crippen molar-refractivity contribution >= 4 is 116 Å². The predicted octanol–water partition coefficient (Wildman–Crippen LogP) is -2.38. The Labute approximate surface area is 540 Å². The number of nitrogens with zero attached hydrogens (tertiary/aromatic N) is 2. The van der Waals surface area contributed by atoms with Gasteiger partial charge in [-0.05, 0) is 82.5 Å². The fraction of sp³-hybridized carbons (Fsp3) is 0.483. The summed E-state index contributed by atoms with van der Waals surface area (Å²) >= 11 is -0.212. The summed E-state index contributed by atoms with van der Waals surface area (Å²) in [5.41, 5.74) is 31.9. The molecule has 91 heavy (non-hydrogen) atoms. The van der Waals surface area contributed by atoms with E-state index in [0.29, 0.717) is 40.3 Å². The van der Waals surface area contributed by atoms with Gasteiger partial charge in [-0.25, -0.2) is 0 Å². The number of carbonyl (C=O) groups excluding carboxylic acids is 9. The number of aliphatic hydroxyl groups excluding tert-OH is 1. The molecule has 1 saturated heterocycles. The number of aromatic nitrogens is 2. The molecule has 0 saturated carbocycles. The number of benzene rings is 3. The molecule has 494 valence electrons. The van der Waals surface area contributed by atoms with Crippen molar-refractivity contribution in [3.63, 3.8) is 0 Å². The third-order valence-electron chi connectivity index (χ3n) is 14.7. The van der Waals surface area contributed by atoms with E-state index in [1.54, 1.807) is 52.2 Å². The summed E-state index contributed by atoms with van der Waals surface area (Å²) in [6, 6.07) is 10.8. The van der Waals surface area contributed by atoms with Gasteiger partial charge in [0.2, 0.25) is 41.4 Å². The summed E-state index contributed by atoms with van der Waals surface area (Å²) in [5, 5.41) is 36.9. The zero-order chi connectivity index (χ0) is 66.1. The monoisotopic (exact) mass is 1360 g/mol. The average Bonchev–Trinajstić information content (AvgIpc) is 1.78. The first-order valence-electron chi connectivity index (χ1n) is 30.1. The molecule has 0 radical (unpaired) electrons. The van der Waals surface area contributed by atoms with Crippen molar-refractivity contribution in [1.82, 2.24) is 56.4 Å². The zero-order valence-corrected chi connectivity index (χ0v) is 54.5. The molecule has 3 heterocycles. The van der Waals surface area contributed by atoms with E-state index < -0.39 is 102 Å². The first-order chi connectivity index (χ1) is 43.6. The van der Waals surface area contributed by atoms with E-state index in [-0.39, 0.29) is 127 Å². The van der Waals surface area contributed by atoms with E-state index in [1.807, 2.05) is 44.2 Å². The third kappa shape index (κ3) is 22.3. The van der Waals surface area contributed by atoms with E-state index in [4.69, 9.17) is 28.7 Å². The van der Waals surface area contributed by atoms with Gasteiger partial charge < -0.3 is 76.0 Å². The van der Waals surface area contributed by atoms with Crippen LogP contribution in [0.5, 0.6) is 0 Å². The Morgan fingerprint density at radius 1 is 0.692 bits per heavy atom. The first kappa shape index (κ1) is 72.3. The molecule has 9 amide bonds. The molecule has 0 bridgehead atoms. The van der Waals surface area contributed by atoms with Crippen molar-refractivity contribution in [3.05, 3.63) is 100 Å². The number of nitrogens with one attached hydrogen (secondary N) is 10. The molecule has 0 spiro atoms. The molecule has 6 rings (SSSR count). The molecule has 1 fully saturated rings. The Kier molecular flexibility index (Phi) is 28.9. The Bertz CT molecular complexity index is 3390. The van der Waals surface area contributed by atoms with Crippen LogP contribution in [-0.4, -0.2) is 186 Å². The zero-order valence-electron chi connectivity index (χ0n) is 51.1. The van der Waals surface area contributed by atoms with Crippen LogP contribution >= 0.6 is 21.6 Å². The van der Waals surface area contributed by atoms with Crippen LogP contribution in [0.2, 0.25) is 0 Å². The molecule has 31 heteroatoms. The number of aromatic amines is 1. The van der Waals surface area contributed by atoms with Gasteiger partial charge in [-0.2, -0.15) is 0 Å². The molecule has 2 aromatic heterocycles. The number of hydrogen-bond acceptors (Lipinski definition) is 17. The average molecular weight is 1360 g/mol. The van der Waals surface area contributed by atoms with E-state index in [9.17, 15) is 53.1 Å². The van der Waals surface area contributed by atoms with Crippen molar-refractivity contribution in [2.75, 3.05) is 44.2 Å². The van der Waals surface area contributed by atoms with Gasteiger partial charge in [-0.1, -0.05) is 53.6 Å². The topological polar surface area (TPSA) is 462 Å². The second-order valence-corrected chi connectivity index (χ2v) is 27.1. The van der Waals surface area contributed by atoms with Gasteiger partial charge in [-0.3, -0.25) is 43.3 Å². The fourth-order valence-electron chi connectivity index (χ4n) is 9.84. The number of guanidine groups is 1. The van der Waals surface area contributed by atoms with Gasteiger partial charge in [0.1, 0.15) is 42.3 Å². The molecule has 5 aromatic rings. The fourth-order valence-corrected chi connectivity index (χ4v) is 14.2. The van der Waals surface area contributed by atoms with Crippen LogP contribution in [0.4, 0.5) is 0 Å². The Hall–Kier alpha value is -7.77. The number of para-hydroxylation sites is 1. The SMILES string of the molecule is CC(C)C[C@H](NC(=O)[C@@H]1CSSC[C@H](N)C(=O)N[C@@H](CCN)C(=O)N[C@@H](CCCN=C(N)N)C(=O)N[C@@H](Cc2c[nH]c3ccccc23)C(=O)N[C@@H]([C@@H](C)O)C(=O)N[C@@H](CCCCN)C(=O)N1)C(=O)NCCNC(=O)Cc1ccc(-n2[se]c3ccccc3c2=O)cc1. The van der Waals surface area contributed by atoms with Gasteiger partial charge >= 0.3 is 145 Å². The van der Waals surface area contributed by atoms with E-state index in [2.05, 4.69) is 57.8 Å². The predicted molar refractivity (Wildman–Crippen MR) is 352 cm³/mol. The standard InChI is InChI=1S/C60H85N17O11S2Se/c1-33(2)27-45(52(81)67-26-25-66-49(79)28-35-17-19-37(20-18-35)77-59(88)39-12-5-7-16-48(39)91-77)73-57(86)47-32-90-89-31-40(63)51(80)70-44(21-23-62)55(84)71-43(15-10-24-68-60(64)65)53(82)74-46(29-36-30-69-41-13-6-4-11-38(36)41)56(85)76-50(34(3)78)58(87)72-42(54(83)75-47)14-8-9-22-61/h4-7,11-13,16-20,30,33-34,40,42-47,50,69,78H,8-10,14-15,21-29,31-32,61-63H2,1-3H3,(H,66,79)(H,67,81)(H,70,80)(H,71,84)(H,72,87)(H,73,86)(H,74,82)(H,75,83)(H,76,85)(H4,64,65,68)/t34-,40+,42+,43+,44+,45+,46+,47+,50+/m1/s1. The molecule has 28 nitrogen and oxygen atoms in total. The van der Waals surface area contributed by atoms with Gasteiger partial charge in [-0.15, -0.1) is 0 Å². The summed E-state index contributed by atoms with van der Waals surface area (Å²) < 4.78 is 2.73. The van der Waals surface area contributed by atoms with Gasteiger partial charge in [0, 0.05) is 41.6 Å². The molecule has 1 aliphatic rings. The summed E-state index contributed by atoms with van der Waals surface area (Å²) in [5.74, 6) is -7.46. The van der Waals surface area contributed by atoms with Gasteiger partial charge in [0.25, 0.3) is 0 Å². The van der Waals surface area contributed by atoms with Crippen molar-refractivity contribution in [1.29, 1.82) is 0 Å². The number of unbranched alkanes of at least 4 members (excludes halogenated alkanes) is 1. The van der Waals surface area contributed by atoms with Crippen molar-refractivity contribution in [2.45, 2.75) is 133 Å². The van der Waals surface area contributed by atoms with Crippen LogP contribution in [0.1, 0.15) is 76.8 Å². The number of fused-ring (bicyclic) bond motifs is 2. The second-order valence-electron chi connectivity index (χ2n) is 22.4. The maximum atomic E-state index is 14.7. The molecular weight excluding hydrogens is 1280 g/mol. The second kappa shape index (κ2) is 36.3. The number of carbonyl (C=O) groups is 9. The molecular formula is C60H85N17O11S2Se. The Balaban J connectivity index is 1.21. The molecule has 3 aromatic carbocycles. The van der Waals surface area contributed by atoms with Gasteiger partial charge in [0.05, 0.1) is 12.1 Å². The minimum atomic E-state index is -1.73. The van der Waals surface area contributed by atoms with Crippen LogP contribution in [0.3, 0.4) is 0 Å². The number of hydrogen-bond donors (Lipinski definition) is 16. The van der Waals surface area contributed by atoms with Crippen molar-refractivity contribution < 1.29 is 48.3 Å². The van der Waals surface area contributed by atoms with Crippen molar-refractivity contribution in [3.8, 4) is 5.69 Å². The number of aliphatic imine (C=N–C) groups is 1. The van der Waals surface area contributed by atoms with E-state index in [1.165, 1.54) is 6.92 Å². The Morgan fingerprint density at radius 3 is 1.97 bits per heavy atom. The van der Waals surface area contributed by atoms with E-state index in [0.717, 1.165) is 31.5 Å². The van der Waals surface area contributed by atoms with Crippen LogP contribution in [-0.2, 0) is 56.0 Å². The molecule has 0 unspecified atom stereocenters. The first-order valence-corrected chi connectivity index (χ1v) is 34.2. The van der Waals surface area contributed by atoms with Crippen LogP contribution in [0, 0.1) is 5.92 Å². The number of H-pyrrole nitrogens is 1. The number of aliphatic hydroxyl groups is 1. The van der Waals surface area contributed by atoms with Gasteiger partial charge in [0.15, 0.2) is 5.96 Å². The quantitative estimate of drug-likeness (QED) is 0.0101. The molecule has 9 atom stereocenters. The van der Waals surface area contributed by atoms with Crippen molar-refractivity contribution in [2.24, 2.45) is 39.6 Å². The molecule has 1 aliphatic heterocycles. The maximum absolute atomic E-state index is 14.7. The summed E-state index contributed by atoms with van der Waals surface area (Å²) in [6.45, 7) is 5.18. The van der Waals surface area contributed by atoms with Crippen LogP contribution in [0.15, 0.2) is 88.8 Å².